The predicted molar refractivity (Wildman–Crippen MR) is 105 cm³/mol. The number of amides is 2. The maximum atomic E-state index is 14.6. The second-order valence-corrected chi connectivity index (χ2v) is 7.84. The summed E-state index contributed by atoms with van der Waals surface area (Å²) in [6.07, 6.45) is -4.22. The zero-order valence-electron chi connectivity index (χ0n) is 16.9. The molecule has 32 heavy (non-hydrogen) atoms. The second-order valence-electron chi connectivity index (χ2n) is 7.84. The first-order chi connectivity index (χ1) is 15.2. The monoisotopic (exact) mass is 452 g/mol. The minimum Gasteiger partial charge on any atom is -0.376 e. The summed E-state index contributed by atoms with van der Waals surface area (Å²) in [7, 11) is 0. The number of carbonyl (C=O) groups excluding carboxylic acids is 2. The van der Waals surface area contributed by atoms with Gasteiger partial charge in [-0.25, -0.2) is 8.78 Å². The molecule has 2 aromatic rings. The highest BCUT2D eigenvalue weighted by molar-refractivity contribution is 5.98. The first kappa shape index (κ1) is 22.2. The fraction of sp³-hybridized carbons (Fsp3) is 0.364. The molecule has 1 unspecified atom stereocenters. The maximum Gasteiger partial charge on any atom is 0.437 e. The number of nitrogens with zero attached hydrogens (tertiary/aromatic N) is 2. The topological polar surface area (TPSA) is 59.1 Å². The van der Waals surface area contributed by atoms with Gasteiger partial charge in [-0.3, -0.25) is 14.3 Å². The van der Waals surface area contributed by atoms with Gasteiger partial charge in [0.05, 0.1) is 32.7 Å². The Morgan fingerprint density at radius 2 is 1.59 bits per heavy atom. The summed E-state index contributed by atoms with van der Waals surface area (Å²) < 4.78 is 66.0. The van der Waals surface area contributed by atoms with Crippen LogP contribution >= 0.6 is 0 Å². The van der Waals surface area contributed by atoms with Crippen LogP contribution in [0.4, 0.5) is 23.2 Å². The smallest absolute Gasteiger partial charge is 0.376 e. The molecule has 0 N–H and O–H groups in total. The van der Waals surface area contributed by atoms with Crippen molar-refractivity contribution in [3.8, 4) is 0 Å². The van der Waals surface area contributed by atoms with Crippen LogP contribution < -0.4 is 4.90 Å². The molecule has 2 fully saturated rings. The first-order valence-electron chi connectivity index (χ1n) is 9.93. The molecule has 2 aliphatic heterocycles. The van der Waals surface area contributed by atoms with Gasteiger partial charge >= 0.3 is 12.0 Å². The van der Waals surface area contributed by atoms with E-state index < -0.39 is 29.3 Å². The number of ether oxygens (including phenoxy) is 2. The maximum absolute atomic E-state index is 14.6. The molecule has 0 radical (unpaired) electrons. The largest absolute Gasteiger partial charge is 0.437 e. The average Bonchev–Trinajstić information content (AvgIpc) is 2.95. The number of alkyl halides is 2. The number of benzene rings is 2. The van der Waals surface area contributed by atoms with E-state index in [1.165, 1.54) is 41.3 Å². The van der Waals surface area contributed by atoms with Crippen LogP contribution in [0.2, 0.25) is 0 Å². The molecule has 2 saturated heterocycles. The molecule has 1 atom stereocenters. The van der Waals surface area contributed by atoms with Crippen molar-refractivity contribution < 1.29 is 36.6 Å². The third kappa shape index (κ3) is 4.61. The molecule has 6 nitrogen and oxygen atoms in total. The van der Waals surface area contributed by atoms with Crippen molar-refractivity contribution in [3.63, 3.8) is 0 Å². The molecule has 0 bridgehead atoms. The number of carbonyl (C=O) groups is 2. The van der Waals surface area contributed by atoms with E-state index >= 15 is 0 Å². The van der Waals surface area contributed by atoms with Crippen LogP contribution in [0.15, 0.2) is 48.5 Å². The van der Waals surface area contributed by atoms with Crippen molar-refractivity contribution in [2.45, 2.75) is 18.1 Å². The number of morpholine rings is 1. The van der Waals surface area contributed by atoms with E-state index in [4.69, 9.17) is 9.47 Å². The Morgan fingerprint density at radius 3 is 2.25 bits per heavy atom. The van der Waals surface area contributed by atoms with E-state index in [9.17, 15) is 27.2 Å². The molecule has 0 aromatic heterocycles. The van der Waals surface area contributed by atoms with Crippen LogP contribution in [-0.4, -0.2) is 61.3 Å². The van der Waals surface area contributed by atoms with E-state index in [2.05, 4.69) is 0 Å². The van der Waals surface area contributed by atoms with Crippen molar-refractivity contribution in [2.75, 3.05) is 37.7 Å². The van der Waals surface area contributed by atoms with E-state index in [0.29, 0.717) is 5.56 Å². The van der Waals surface area contributed by atoms with Gasteiger partial charge in [0, 0.05) is 12.2 Å². The van der Waals surface area contributed by atoms with Gasteiger partial charge in [0.1, 0.15) is 17.2 Å². The lowest BCUT2D eigenvalue weighted by Crippen LogP contribution is -2.66. The molecular formula is C22H20F4N2O4. The Labute approximate surface area is 181 Å². The van der Waals surface area contributed by atoms with Crippen molar-refractivity contribution in [2.24, 2.45) is 0 Å². The quantitative estimate of drug-likeness (QED) is 0.673. The van der Waals surface area contributed by atoms with E-state index in [-0.39, 0.29) is 50.9 Å². The van der Waals surface area contributed by atoms with Gasteiger partial charge in [-0.05, 0) is 42.0 Å². The fourth-order valence-electron chi connectivity index (χ4n) is 3.86. The summed E-state index contributed by atoms with van der Waals surface area (Å²) >= 11 is 0. The van der Waals surface area contributed by atoms with Crippen LogP contribution in [0.1, 0.15) is 5.56 Å². The summed E-state index contributed by atoms with van der Waals surface area (Å²) in [5.74, 6) is -2.97. The molecule has 170 valence electrons. The molecule has 1 spiro atoms. The number of anilines is 1. The molecule has 0 aliphatic carbocycles. The third-order valence-electron chi connectivity index (χ3n) is 5.39. The second kappa shape index (κ2) is 8.51. The summed E-state index contributed by atoms with van der Waals surface area (Å²) in [4.78, 5) is 27.3. The minimum absolute atomic E-state index is 0.0621. The average molecular weight is 452 g/mol. The molecule has 4 rings (SSSR count). The summed E-state index contributed by atoms with van der Waals surface area (Å²) in [6, 6.07) is 9.96. The van der Waals surface area contributed by atoms with Gasteiger partial charge in [0.15, 0.2) is 0 Å². The summed E-state index contributed by atoms with van der Waals surface area (Å²) in [5.41, 5.74) is -1.05. The van der Waals surface area contributed by atoms with Crippen molar-refractivity contribution in [1.29, 1.82) is 0 Å². The molecule has 10 heteroatoms. The Hall–Kier alpha value is -2.98. The van der Waals surface area contributed by atoms with Crippen LogP contribution in [0.25, 0.3) is 0 Å². The van der Waals surface area contributed by atoms with Gasteiger partial charge in [0.25, 0.3) is 0 Å². The van der Waals surface area contributed by atoms with Crippen LogP contribution in [0.5, 0.6) is 0 Å². The van der Waals surface area contributed by atoms with Gasteiger partial charge in [-0.15, -0.1) is 0 Å². The van der Waals surface area contributed by atoms with Gasteiger partial charge < -0.3 is 14.5 Å². The van der Waals surface area contributed by atoms with E-state index in [1.54, 1.807) is 0 Å². The molecular weight excluding hydrogens is 432 g/mol. The number of rotatable bonds is 3. The van der Waals surface area contributed by atoms with E-state index in [0.717, 1.165) is 17.0 Å². The highest BCUT2D eigenvalue weighted by Gasteiger charge is 2.58. The van der Waals surface area contributed by atoms with Crippen molar-refractivity contribution in [1.82, 2.24) is 4.90 Å². The zero-order valence-corrected chi connectivity index (χ0v) is 16.9. The zero-order chi connectivity index (χ0) is 22.9. The van der Waals surface area contributed by atoms with E-state index in [1.807, 2.05) is 0 Å². The molecule has 2 amide bonds. The van der Waals surface area contributed by atoms with Crippen molar-refractivity contribution >= 4 is 17.5 Å². The lowest BCUT2D eigenvalue weighted by molar-refractivity contribution is -0.293. The van der Waals surface area contributed by atoms with Crippen molar-refractivity contribution in [3.05, 3.63) is 65.7 Å². The summed E-state index contributed by atoms with van der Waals surface area (Å²) in [6.45, 7) is -0.591. The van der Waals surface area contributed by atoms with Crippen LogP contribution in [0.3, 0.4) is 0 Å². The number of hydrogen-bond donors (Lipinski definition) is 0. The third-order valence-corrected chi connectivity index (χ3v) is 5.39. The summed E-state index contributed by atoms with van der Waals surface area (Å²) in [5, 5.41) is 0. The molecule has 2 aliphatic rings. The number of hydrogen-bond acceptors (Lipinski definition) is 4. The SMILES string of the molecule is O=C(Cc1ccc(F)cc1)N1CCOCC2(C1)CN(c1ccc(F)cc1)C(=O)C(F)(F)O2. The van der Waals surface area contributed by atoms with Crippen LogP contribution in [-0.2, 0) is 25.5 Å². The molecule has 2 heterocycles. The Kier molecular flexibility index (Phi) is 5.91. The van der Waals surface area contributed by atoms with Gasteiger partial charge in [0.2, 0.25) is 5.91 Å². The molecule has 0 saturated carbocycles. The highest BCUT2D eigenvalue weighted by atomic mass is 19.3. The van der Waals surface area contributed by atoms with Crippen LogP contribution in [0, 0.1) is 11.6 Å². The standard InChI is InChI=1S/C22H20F4N2O4/c23-16-3-1-15(2-4-16)11-19(29)27-9-10-31-14-21(12-27)13-28(20(30)22(25,26)32-21)18-7-5-17(24)6-8-18/h1-8H,9-14H2. The predicted octanol–water partition coefficient (Wildman–Crippen LogP) is 2.76. The Balaban J connectivity index is 1.58. The Morgan fingerprint density at radius 1 is 0.969 bits per heavy atom. The highest BCUT2D eigenvalue weighted by Crippen LogP contribution is 2.37. The minimum atomic E-state index is -4.16. The lowest BCUT2D eigenvalue weighted by atomic mass is 10.00. The van der Waals surface area contributed by atoms with Gasteiger partial charge in [-0.1, -0.05) is 12.1 Å². The fourth-order valence-corrected chi connectivity index (χ4v) is 3.86. The Bertz CT molecular complexity index is 1000. The normalized spacial score (nSPS) is 23.3. The lowest BCUT2D eigenvalue weighted by Gasteiger charge is -2.45. The van der Waals surface area contributed by atoms with Gasteiger partial charge in [-0.2, -0.15) is 8.78 Å². The first-order valence-corrected chi connectivity index (χ1v) is 9.93. The number of halogens is 4. The molecule has 2 aromatic carbocycles.